The Morgan fingerprint density at radius 1 is 1.05 bits per heavy atom. The summed E-state index contributed by atoms with van der Waals surface area (Å²) in [6.07, 6.45) is 10.3. The van der Waals surface area contributed by atoms with Crippen molar-refractivity contribution in [2.24, 2.45) is 17.8 Å². The molecule has 2 aliphatic carbocycles. The summed E-state index contributed by atoms with van der Waals surface area (Å²) in [5.41, 5.74) is 5.11. The van der Waals surface area contributed by atoms with Crippen LogP contribution in [0.15, 0.2) is 18.6 Å². The van der Waals surface area contributed by atoms with Crippen molar-refractivity contribution in [1.82, 2.24) is 20.8 Å². The van der Waals surface area contributed by atoms with Crippen molar-refractivity contribution in [2.45, 2.75) is 32.1 Å². The average Bonchev–Trinajstić information content (AvgIpc) is 3.20. The molecule has 6 heteroatoms. The van der Waals surface area contributed by atoms with Crippen molar-refractivity contribution in [3.8, 4) is 0 Å². The largest absolute Gasteiger partial charge is 0.289 e. The van der Waals surface area contributed by atoms with E-state index in [0.29, 0.717) is 11.8 Å². The van der Waals surface area contributed by atoms with Gasteiger partial charge in [0.05, 0.1) is 6.20 Å². The molecule has 106 valence electrons. The molecule has 0 spiro atoms. The van der Waals surface area contributed by atoms with Crippen molar-refractivity contribution in [1.29, 1.82) is 0 Å². The maximum absolute atomic E-state index is 12.1. The van der Waals surface area contributed by atoms with Gasteiger partial charge in [0.25, 0.3) is 5.91 Å². The van der Waals surface area contributed by atoms with Crippen LogP contribution in [0.2, 0.25) is 0 Å². The van der Waals surface area contributed by atoms with E-state index in [4.69, 9.17) is 0 Å². The summed E-state index contributed by atoms with van der Waals surface area (Å²) in [7, 11) is 0. The number of nitrogens with zero attached hydrogens (tertiary/aromatic N) is 2. The highest BCUT2D eigenvalue weighted by Gasteiger charge is 2.53. The van der Waals surface area contributed by atoms with E-state index in [0.717, 1.165) is 12.8 Å². The molecular formula is C14H18N4O2. The maximum atomic E-state index is 12.1. The van der Waals surface area contributed by atoms with Gasteiger partial charge in [0, 0.05) is 18.3 Å². The van der Waals surface area contributed by atoms with Crippen LogP contribution >= 0.6 is 0 Å². The first-order valence-electron chi connectivity index (χ1n) is 7.13. The number of rotatable bonds is 2. The molecule has 0 saturated heterocycles. The number of fused-ring (bicyclic) bond motifs is 1. The number of hydrazine groups is 1. The Labute approximate surface area is 117 Å². The van der Waals surface area contributed by atoms with Gasteiger partial charge in [-0.05, 0) is 24.7 Å². The van der Waals surface area contributed by atoms with Crippen molar-refractivity contribution in [3.05, 3.63) is 24.3 Å². The highest BCUT2D eigenvalue weighted by atomic mass is 16.2. The second kappa shape index (κ2) is 5.56. The number of hydrogen-bond donors (Lipinski definition) is 2. The number of carbonyl (C=O) groups is 2. The summed E-state index contributed by atoms with van der Waals surface area (Å²) in [5.74, 6) is 0.612. The van der Waals surface area contributed by atoms with Crippen molar-refractivity contribution in [3.63, 3.8) is 0 Å². The van der Waals surface area contributed by atoms with E-state index in [-0.39, 0.29) is 17.5 Å². The second-order valence-electron chi connectivity index (χ2n) is 5.53. The van der Waals surface area contributed by atoms with Gasteiger partial charge >= 0.3 is 0 Å². The molecule has 2 N–H and O–H groups in total. The van der Waals surface area contributed by atoms with Crippen LogP contribution in [0, 0.1) is 17.8 Å². The van der Waals surface area contributed by atoms with Gasteiger partial charge in [0.15, 0.2) is 0 Å². The highest BCUT2D eigenvalue weighted by molar-refractivity contribution is 5.94. The number of aromatic nitrogens is 2. The fraction of sp³-hybridized carbons (Fsp3) is 0.571. The van der Waals surface area contributed by atoms with Crippen molar-refractivity contribution >= 4 is 11.8 Å². The summed E-state index contributed by atoms with van der Waals surface area (Å²) in [6, 6.07) is 0. The van der Waals surface area contributed by atoms with Gasteiger partial charge in [-0.3, -0.25) is 25.4 Å². The summed E-state index contributed by atoms with van der Waals surface area (Å²) >= 11 is 0. The van der Waals surface area contributed by atoms with Crippen molar-refractivity contribution in [2.75, 3.05) is 0 Å². The van der Waals surface area contributed by atoms with Gasteiger partial charge in [-0.2, -0.15) is 0 Å². The number of amides is 2. The highest BCUT2D eigenvalue weighted by Crippen LogP contribution is 2.54. The predicted octanol–water partition coefficient (Wildman–Crippen LogP) is 1.06. The van der Waals surface area contributed by atoms with Crippen LogP contribution in [-0.2, 0) is 4.79 Å². The van der Waals surface area contributed by atoms with Crippen LogP contribution in [-0.4, -0.2) is 21.8 Å². The quantitative estimate of drug-likeness (QED) is 0.790. The number of carbonyl (C=O) groups excluding carboxylic acids is 2. The Balaban J connectivity index is 1.50. The first-order chi connectivity index (χ1) is 9.77. The summed E-state index contributed by atoms with van der Waals surface area (Å²) in [4.78, 5) is 31.5. The molecule has 3 atom stereocenters. The number of nitrogens with one attached hydrogen (secondary N) is 2. The summed E-state index contributed by atoms with van der Waals surface area (Å²) in [5, 5.41) is 0. The van der Waals surface area contributed by atoms with E-state index in [1.165, 1.54) is 37.9 Å². The van der Waals surface area contributed by atoms with E-state index in [9.17, 15) is 9.59 Å². The van der Waals surface area contributed by atoms with E-state index >= 15 is 0 Å². The van der Waals surface area contributed by atoms with Crippen LogP contribution in [0.4, 0.5) is 0 Å². The van der Waals surface area contributed by atoms with Crippen molar-refractivity contribution < 1.29 is 9.59 Å². The van der Waals surface area contributed by atoms with Gasteiger partial charge < -0.3 is 0 Å². The lowest BCUT2D eigenvalue weighted by Gasteiger charge is -2.07. The van der Waals surface area contributed by atoms with E-state index < -0.39 is 5.91 Å². The third-order valence-corrected chi connectivity index (χ3v) is 4.30. The van der Waals surface area contributed by atoms with Crippen LogP contribution in [0.1, 0.15) is 42.6 Å². The Bertz CT molecular complexity index is 493. The first kappa shape index (κ1) is 13.0. The first-order valence-corrected chi connectivity index (χ1v) is 7.13. The molecule has 2 fully saturated rings. The van der Waals surface area contributed by atoms with Crippen LogP contribution < -0.4 is 10.9 Å². The van der Waals surface area contributed by atoms with Gasteiger partial charge in [0.1, 0.15) is 5.69 Å². The van der Waals surface area contributed by atoms with Gasteiger partial charge in [-0.25, -0.2) is 4.98 Å². The summed E-state index contributed by atoms with van der Waals surface area (Å²) < 4.78 is 0. The minimum atomic E-state index is -0.438. The Morgan fingerprint density at radius 2 is 1.80 bits per heavy atom. The zero-order valence-corrected chi connectivity index (χ0v) is 11.2. The zero-order valence-electron chi connectivity index (χ0n) is 11.2. The zero-order chi connectivity index (χ0) is 13.9. The molecule has 0 aliphatic heterocycles. The molecule has 0 radical (unpaired) electrons. The van der Waals surface area contributed by atoms with Gasteiger partial charge in [-0.15, -0.1) is 0 Å². The molecule has 2 amide bonds. The standard InChI is InChI=1S/C14H18N4O2/c19-13(11-8-15-6-7-16-11)17-18-14(20)12-9-4-2-1-3-5-10(9)12/h6-10,12H,1-5H2,(H,17,19)(H,18,20)/t9-,10+,12?. The van der Waals surface area contributed by atoms with Crippen LogP contribution in [0.25, 0.3) is 0 Å². The second-order valence-corrected chi connectivity index (χ2v) is 5.53. The lowest BCUT2D eigenvalue weighted by atomic mass is 10.1. The predicted molar refractivity (Wildman–Crippen MR) is 71.2 cm³/mol. The molecule has 0 bridgehead atoms. The normalized spacial score (nSPS) is 27.9. The molecule has 1 unspecified atom stereocenters. The van der Waals surface area contributed by atoms with E-state index in [1.54, 1.807) is 0 Å². The minimum absolute atomic E-state index is 0.0702. The molecular weight excluding hydrogens is 256 g/mol. The molecule has 3 rings (SSSR count). The topological polar surface area (TPSA) is 84.0 Å². The Kier molecular flexibility index (Phi) is 3.62. The van der Waals surface area contributed by atoms with Crippen LogP contribution in [0.3, 0.4) is 0 Å². The lowest BCUT2D eigenvalue weighted by molar-refractivity contribution is -0.123. The fourth-order valence-corrected chi connectivity index (χ4v) is 3.24. The average molecular weight is 274 g/mol. The smallest absolute Gasteiger partial charge is 0.273 e. The fourth-order valence-electron chi connectivity index (χ4n) is 3.24. The molecule has 1 aromatic rings. The van der Waals surface area contributed by atoms with E-state index in [1.807, 2.05) is 0 Å². The molecule has 2 saturated carbocycles. The monoisotopic (exact) mass is 274 g/mol. The molecule has 20 heavy (non-hydrogen) atoms. The molecule has 0 aromatic carbocycles. The number of hydrogen-bond acceptors (Lipinski definition) is 4. The van der Waals surface area contributed by atoms with Gasteiger partial charge in [-0.1, -0.05) is 19.3 Å². The SMILES string of the molecule is O=C(NNC(=O)C1[C@H]2CCCCC[C@@H]12)c1cnccn1. The van der Waals surface area contributed by atoms with Gasteiger partial charge in [0.2, 0.25) is 5.91 Å². The Morgan fingerprint density at radius 3 is 2.45 bits per heavy atom. The summed E-state index contributed by atoms with van der Waals surface area (Å²) in [6.45, 7) is 0. The molecule has 6 nitrogen and oxygen atoms in total. The minimum Gasteiger partial charge on any atom is -0.273 e. The van der Waals surface area contributed by atoms with E-state index in [2.05, 4.69) is 20.8 Å². The van der Waals surface area contributed by atoms with Crippen LogP contribution in [0.5, 0.6) is 0 Å². The Hall–Kier alpha value is -1.98. The molecule has 2 aliphatic rings. The molecule has 1 heterocycles. The third-order valence-electron chi connectivity index (χ3n) is 4.30. The third kappa shape index (κ3) is 2.64. The lowest BCUT2D eigenvalue weighted by Crippen LogP contribution is -2.43. The molecule has 1 aromatic heterocycles. The maximum Gasteiger partial charge on any atom is 0.289 e.